The molecule has 1 heterocycles. The van der Waals surface area contributed by atoms with Gasteiger partial charge in [0.2, 0.25) is 0 Å². The van der Waals surface area contributed by atoms with Gasteiger partial charge in [0.05, 0.1) is 23.6 Å². The van der Waals surface area contributed by atoms with Crippen LogP contribution in [-0.4, -0.2) is 36.3 Å². The third-order valence-corrected chi connectivity index (χ3v) is 6.56. The van der Waals surface area contributed by atoms with Crippen LogP contribution >= 0.6 is 35.0 Å². The first-order chi connectivity index (χ1) is 17.3. The lowest BCUT2D eigenvalue weighted by molar-refractivity contribution is -0.123. The van der Waals surface area contributed by atoms with Crippen molar-refractivity contribution >= 4 is 52.2 Å². The lowest BCUT2D eigenvalue weighted by Gasteiger charge is -2.14. The normalized spacial score (nSPS) is 14.4. The van der Waals surface area contributed by atoms with Crippen molar-refractivity contribution in [2.75, 3.05) is 20.3 Å². The number of hydrogen-bond acceptors (Lipinski definition) is 6. The minimum Gasteiger partial charge on any atom is -0.493 e. The van der Waals surface area contributed by atoms with Crippen LogP contribution in [0.1, 0.15) is 11.1 Å². The second-order valence-corrected chi connectivity index (χ2v) is 9.42. The first kappa shape index (κ1) is 25.9. The van der Waals surface area contributed by atoms with Crippen LogP contribution in [0.3, 0.4) is 0 Å². The van der Waals surface area contributed by atoms with Gasteiger partial charge in [0.15, 0.2) is 11.5 Å². The molecule has 0 spiro atoms. The fourth-order valence-electron chi connectivity index (χ4n) is 3.33. The number of carbonyl (C=O) groups excluding carboxylic acids is 2. The zero-order chi connectivity index (χ0) is 25.7. The molecule has 6 nitrogen and oxygen atoms in total. The minimum atomic E-state index is -0.420. The lowest BCUT2D eigenvalue weighted by Crippen LogP contribution is -2.32. The zero-order valence-corrected chi connectivity index (χ0v) is 21.3. The van der Waals surface area contributed by atoms with E-state index in [4.69, 9.17) is 37.4 Å². The third-order valence-electron chi connectivity index (χ3n) is 5.12. The highest BCUT2D eigenvalue weighted by atomic mass is 35.5. The molecule has 0 unspecified atom stereocenters. The summed E-state index contributed by atoms with van der Waals surface area (Å²) < 4.78 is 29.9. The second-order valence-electron chi connectivity index (χ2n) is 7.58. The molecule has 10 heteroatoms. The fourth-order valence-corrected chi connectivity index (χ4v) is 4.59. The van der Waals surface area contributed by atoms with E-state index in [1.807, 2.05) is 0 Å². The lowest BCUT2D eigenvalue weighted by atomic mass is 10.1. The molecule has 4 rings (SSSR count). The average molecular weight is 548 g/mol. The van der Waals surface area contributed by atoms with Crippen LogP contribution in [0, 0.1) is 5.82 Å². The number of imide groups is 1. The molecular formula is C26H20Cl2FNO5S. The number of halogens is 3. The topological polar surface area (TPSA) is 65.1 Å². The van der Waals surface area contributed by atoms with E-state index in [2.05, 4.69) is 0 Å². The van der Waals surface area contributed by atoms with Crippen molar-refractivity contribution in [2.45, 2.75) is 6.61 Å². The molecule has 0 atom stereocenters. The molecular weight excluding hydrogens is 528 g/mol. The molecule has 0 aliphatic carbocycles. The average Bonchev–Trinajstić information content (AvgIpc) is 3.12. The number of rotatable bonds is 9. The molecule has 1 fully saturated rings. The summed E-state index contributed by atoms with van der Waals surface area (Å²) in [6, 6.07) is 16.0. The standard InChI is InChI=1S/C26H20Cl2FNO5S/c1-33-22-13-17(12-21(28)24(22)35-15-16-2-6-19(29)7-3-16)14-23-25(31)30(26(32)36-23)10-11-34-20-8-4-18(27)5-9-20/h2-9,12-14H,10-11,15H2,1H3/b23-14-. The maximum absolute atomic E-state index is 13.1. The number of benzene rings is 3. The molecule has 186 valence electrons. The van der Waals surface area contributed by atoms with E-state index in [1.54, 1.807) is 54.6 Å². The number of hydrogen-bond donors (Lipinski definition) is 0. The van der Waals surface area contributed by atoms with Crippen molar-refractivity contribution in [3.63, 3.8) is 0 Å². The number of carbonyl (C=O) groups is 2. The highest BCUT2D eigenvalue weighted by molar-refractivity contribution is 8.18. The molecule has 0 aromatic heterocycles. The van der Waals surface area contributed by atoms with Crippen molar-refractivity contribution in [1.82, 2.24) is 4.90 Å². The first-order valence-electron chi connectivity index (χ1n) is 10.7. The van der Waals surface area contributed by atoms with Crippen LogP contribution < -0.4 is 14.2 Å². The van der Waals surface area contributed by atoms with E-state index < -0.39 is 5.91 Å². The highest BCUT2D eigenvalue weighted by Gasteiger charge is 2.35. The summed E-state index contributed by atoms with van der Waals surface area (Å²) >= 11 is 13.1. The van der Waals surface area contributed by atoms with Gasteiger partial charge in [0, 0.05) is 5.02 Å². The van der Waals surface area contributed by atoms with Gasteiger partial charge in [-0.25, -0.2) is 4.39 Å². The molecule has 36 heavy (non-hydrogen) atoms. The predicted octanol–water partition coefficient (Wildman–Crippen LogP) is 6.84. The summed E-state index contributed by atoms with van der Waals surface area (Å²) in [4.78, 5) is 26.6. The number of amides is 2. The highest BCUT2D eigenvalue weighted by Crippen LogP contribution is 2.39. The van der Waals surface area contributed by atoms with Crippen molar-refractivity contribution in [3.8, 4) is 17.2 Å². The summed E-state index contributed by atoms with van der Waals surface area (Å²) in [5, 5.41) is 0.462. The Kier molecular flexibility index (Phi) is 8.40. The number of ether oxygens (including phenoxy) is 3. The van der Waals surface area contributed by atoms with E-state index in [9.17, 15) is 14.0 Å². The molecule has 0 saturated carbocycles. The largest absolute Gasteiger partial charge is 0.493 e. The Hall–Kier alpha value is -3.20. The number of thioether (sulfide) groups is 1. The maximum atomic E-state index is 13.1. The Morgan fingerprint density at radius 1 is 1.00 bits per heavy atom. The molecule has 3 aromatic carbocycles. The maximum Gasteiger partial charge on any atom is 0.293 e. The summed E-state index contributed by atoms with van der Waals surface area (Å²) in [6.45, 7) is 0.407. The van der Waals surface area contributed by atoms with Gasteiger partial charge in [-0.05, 0) is 77.5 Å². The van der Waals surface area contributed by atoms with Gasteiger partial charge in [0.25, 0.3) is 11.1 Å². The van der Waals surface area contributed by atoms with Gasteiger partial charge in [-0.1, -0.05) is 35.3 Å². The van der Waals surface area contributed by atoms with Crippen LogP contribution in [0.25, 0.3) is 6.08 Å². The minimum absolute atomic E-state index is 0.102. The van der Waals surface area contributed by atoms with Crippen LogP contribution in [0.2, 0.25) is 10.0 Å². The summed E-state index contributed by atoms with van der Waals surface area (Å²) in [6.07, 6.45) is 1.57. The zero-order valence-electron chi connectivity index (χ0n) is 19.0. The molecule has 1 saturated heterocycles. The summed E-state index contributed by atoms with van der Waals surface area (Å²) in [5.41, 5.74) is 1.32. The quantitative estimate of drug-likeness (QED) is 0.273. The Morgan fingerprint density at radius 2 is 1.72 bits per heavy atom. The second kappa shape index (κ2) is 11.7. The van der Waals surface area contributed by atoms with Crippen molar-refractivity contribution in [2.24, 2.45) is 0 Å². The van der Waals surface area contributed by atoms with Gasteiger partial charge < -0.3 is 14.2 Å². The molecule has 3 aromatic rings. The SMILES string of the molecule is COc1cc(/C=C2\SC(=O)N(CCOc3ccc(Cl)cc3)C2=O)cc(Cl)c1OCc1ccc(F)cc1. The molecule has 0 bridgehead atoms. The number of methoxy groups -OCH3 is 1. The molecule has 0 radical (unpaired) electrons. The number of nitrogens with zero attached hydrogens (tertiary/aromatic N) is 1. The fraction of sp³-hybridized carbons (Fsp3) is 0.154. The first-order valence-corrected chi connectivity index (χ1v) is 12.3. The molecule has 0 N–H and O–H groups in total. The third kappa shape index (κ3) is 6.32. The monoisotopic (exact) mass is 547 g/mol. The van der Waals surface area contributed by atoms with E-state index in [1.165, 1.54) is 19.2 Å². The Morgan fingerprint density at radius 3 is 2.42 bits per heavy atom. The Labute approximate surface area is 221 Å². The smallest absolute Gasteiger partial charge is 0.293 e. The summed E-state index contributed by atoms with van der Waals surface area (Å²) in [5.74, 6) is 0.499. The predicted molar refractivity (Wildman–Crippen MR) is 138 cm³/mol. The van der Waals surface area contributed by atoms with Crippen molar-refractivity contribution in [3.05, 3.63) is 92.6 Å². The summed E-state index contributed by atoms with van der Waals surface area (Å²) in [7, 11) is 1.47. The van der Waals surface area contributed by atoms with E-state index in [0.717, 1.165) is 22.2 Å². The molecule has 1 aliphatic rings. The van der Waals surface area contributed by atoms with E-state index in [-0.39, 0.29) is 40.7 Å². The van der Waals surface area contributed by atoms with Crippen molar-refractivity contribution < 1.29 is 28.2 Å². The Balaban J connectivity index is 1.43. The van der Waals surface area contributed by atoms with Gasteiger partial charge in [-0.15, -0.1) is 0 Å². The van der Waals surface area contributed by atoms with Gasteiger partial charge in [-0.3, -0.25) is 14.5 Å². The van der Waals surface area contributed by atoms with Crippen LogP contribution in [0.4, 0.5) is 9.18 Å². The van der Waals surface area contributed by atoms with E-state index >= 15 is 0 Å². The Bertz CT molecular complexity index is 1300. The molecule has 2 amide bonds. The van der Waals surface area contributed by atoms with Gasteiger partial charge in [0.1, 0.15) is 24.8 Å². The van der Waals surface area contributed by atoms with Crippen molar-refractivity contribution in [1.29, 1.82) is 0 Å². The molecule has 1 aliphatic heterocycles. The van der Waals surface area contributed by atoms with Gasteiger partial charge in [-0.2, -0.15) is 0 Å². The van der Waals surface area contributed by atoms with Crippen LogP contribution in [-0.2, 0) is 11.4 Å². The van der Waals surface area contributed by atoms with Crippen LogP contribution in [0.5, 0.6) is 17.2 Å². The van der Waals surface area contributed by atoms with Gasteiger partial charge >= 0.3 is 0 Å². The van der Waals surface area contributed by atoms with E-state index in [0.29, 0.717) is 27.8 Å². The van der Waals surface area contributed by atoms with Crippen LogP contribution in [0.15, 0.2) is 65.6 Å².